The molecule has 0 amide bonds. The van der Waals surface area contributed by atoms with Crippen LogP contribution in [0.25, 0.3) is 0 Å². The van der Waals surface area contributed by atoms with Crippen LogP contribution in [0.1, 0.15) is 6.92 Å². The molecular weight excluding hydrogens is 242 g/mol. The van der Waals surface area contributed by atoms with Crippen molar-refractivity contribution in [1.29, 1.82) is 0 Å². The Balaban J connectivity index is 0. The summed E-state index contributed by atoms with van der Waals surface area (Å²) < 4.78 is 9.67. The van der Waals surface area contributed by atoms with Crippen LogP contribution in [0.5, 0.6) is 0 Å². The smallest absolute Gasteiger partial charge is 0.0700 e. The minimum Gasteiger partial charge on any atom is -0.382 e. The topological polar surface area (TPSA) is 18.5 Å². The maximum atomic E-state index is 4.95. The van der Waals surface area contributed by atoms with Gasteiger partial charge in [-0.05, 0) is 6.92 Å². The van der Waals surface area contributed by atoms with Crippen LogP contribution in [0.15, 0.2) is 0 Å². The first kappa shape index (κ1) is 12.0. The van der Waals surface area contributed by atoms with E-state index in [-0.39, 0.29) is 40.4 Å². The summed E-state index contributed by atoms with van der Waals surface area (Å²) in [6.07, 6.45) is 0. The number of rotatable bonds is 4. The molecule has 0 aliphatic carbocycles. The summed E-state index contributed by atoms with van der Waals surface area (Å²) in [5.41, 5.74) is 0. The molecule has 0 saturated heterocycles. The SMILES string of the molecule is CCOCCOC.[Sm]. The first-order chi connectivity index (χ1) is 3.41. The van der Waals surface area contributed by atoms with Gasteiger partial charge >= 0.3 is 0 Å². The third-order valence-corrected chi connectivity index (χ3v) is 0.636. The maximum Gasteiger partial charge on any atom is 0.0700 e. The van der Waals surface area contributed by atoms with E-state index in [2.05, 4.69) is 0 Å². The van der Waals surface area contributed by atoms with Crippen LogP contribution in [-0.4, -0.2) is 26.9 Å². The fourth-order valence-corrected chi connectivity index (χ4v) is 0.287. The molecule has 2 nitrogen and oxygen atoms in total. The summed E-state index contributed by atoms with van der Waals surface area (Å²) in [6, 6.07) is 0. The van der Waals surface area contributed by atoms with E-state index in [0.717, 1.165) is 6.61 Å². The summed E-state index contributed by atoms with van der Waals surface area (Å²) in [7, 11) is 1.67. The first-order valence-corrected chi connectivity index (χ1v) is 2.48. The fourth-order valence-electron chi connectivity index (χ4n) is 0.287. The first-order valence-electron chi connectivity index (χ1n) is 2.48. The predicted molar refractivity (Wildman–Crippen MR) is 28.4 cm³/mol. The van der Waals surface area contributed by atoms with E-state index in [4.69, 9.17) is 9.47 Å². The summed E-state index contributed by atoms with van der Waals surface area (Å²) in [5.74, 6) is 0. The number of ether oxygens (including phenoxy) is 2. The third kappa shape index (κ3) is 10.3. The van der Waals surface area contributed by atoms with Crippen molar-refractivity contribution in [3.8, 4) is 0 Å². The fraction of sp³-hybridized carbons (Fsp3) is 1.00. The van der Waals surface area contributed by atoms with Crippen LogP contribution >= 0.6 is 0 Å². The van der Waals surface area contributed by atoms with Gasteiger partial charge in [0.1, 0.15) is 0 Å². The molecule has 0 aromatic heterocycles. The Hall–Kier alpha value is 1.26. The molecule has 0 unspecified atom stereocenters. The molecule has 0 N–H and O–H groups in total. The Bertz CT molecular complexity index is 29.6. The van der Waals surface area contributed by atoms with Crippen LogP contribution in [-0.2, 0) is 9.47 Å². The van der Waals surface area contributed by atoms with Gasteiger partial charge in [0.05, 0.1) is 13.2 Å². The normalized spacial score (nSPS) is 8.25. The Labute approximate surface area is 83.0 Å². The summed E-state index contributed by atoms with van der Waals surface area (Å²) in [4.78, 5) is 0. The third-order valence-electron chi connectivity index (χ3n) is 0.636. The quantitative estimate of drug-likeness (QED) is 0.687. The molecule has 0 saturated carbocycles. The molecule has 0 rings (SSSR count). The van der Waals surface area contributed by atoms with E-state index in [0.29, 0.717) is 13.2 Å². The number of hydrogen-bond donors (Lipinski definition) is 0. The molecule has 0 aromatic rings. The molecule has 0 bridgehead atoms. The van der Waals surface area contributed by atoms with Gasteiger partial charge in [-0.1, -0.05) is 0 Å². The molecule has 0 atom stereocenters. The van der Waals surface area contributed by atoms with Crippen molar-refractivity contribution in [2.24, 2.45) is 0 Å². The summed E-state index contributed by atoms with van der Waals surface area (Å²) in [6.45, 7) is 4.17. The molecule has 8 heavy (non-hydrogen) atoms. The molecule has 0 radical (unpaired) electrons. The van der Waals surface area contributed by atoms with Gasteiger partial charge in [-0.3, -0.25) is 0 Å². The molecule has 3 heteroatoms. The van der Waals surface area contributed by atoms with Crippen molar-refractivity contribution in [2.45, 2.75) is 6.92 Å². The molecule has 0 aromatic carbocycles. The molecule has 0 aliphatic heterocycles. The maximum absolute atomic E-state index is 4.95. The van der Waals surface area contributed by atoms with Crippen LogP contribution in [0, 0.1) is 40.4 Å². The van der Waals surface area contributed by atoms with Crippen LogP contribution in [0.4, 0.5) is 0 Å². The zero-order valence-corrected chi connectivity index (χ0v) is 7.97. The Morgan fingerprint density at radius 1 is 1.25 bits per heavy atom. The molecule has 0 spiro atoms. The van der Waals surface area contributed by atoms with Gasteiger partial charge in [0.25, 0.3) is 0 Å². The van der Waals surface area contributed by atoms with E-state index in [1.807, 2.05) is 6.92 Å². The molecular formula is C5H12O2Sm. The molecule has 0 aliphatic rings. The van der Waals surface area contributed by atoms with Crippen LogP contribution in [0.2, 0.25) is 0 Å². The van der Waals surface area contributed by atoms with Crippen molar-refractivity contribution in [2.75, 3.05) is 26.9 Å². The van der Waals surface area contributed by atoms with Crippen LogP contribution in [0.3, 0.4) is 0 Å². The summed E-state index contributed by atoms with van der Waals surface area (Å²) >= 11 is 0. The zero-order chi connectivity index (χ0) is 5.54. The van der Waals surface area contributed by atoms with Crippen molar-refractivity contribution in [1.82, 2.24) is 0 Å². The van der Waals surface area contributed by atoms with Gasteiger partial charge in [0, 0.05) is 54.1 Å². The summed E-state index contributed by atoms with van der Waals surface area (Å²) in [5, 5.41) is 0. The Kier molecular flexibility index (Phi) is 16.6. The largest absolute Gasteiger partial charge is 0.382 e. The van der Waals surface area contributed by atoms with Gasteiger partial charge in [-0.2, -0.15) is 0 Å². The van der Waals surface area contributed by atoms with Gasteiger partial charge in [-0.15, -0.1) is 0 Å². The van der Waals surface area contributed by atoms with E-state index < -0.39 is 0 Å². The molecule has 0 fully saturated rings. The monoisotopic (exact) mass is 256 g/mol. The second-order valence-electron chi connectivity index (χ2n) is 1.19. The Morgan fingerprint density at radius 2 is 1.88 bits per heavy atom. The second-order valence-corrected chi connectivity index (χ2v) is 1.19. The van der Waals surface area contributed by atoms with E-state index in [1.54, 1.807) is 7.11 Å². The average molecular weight is 255 g/mol. The average Bonchev–Trinajstić information content (AvgIpc) is 1.69. The van der Waals surface area contributed by atoms with Gasteiger partial charge in [0.2, 0.25) is 0 Å². The van der Waals surface area contributed by atoms with Gasteiger partial charge < -0.3 is 9.47 Å². The van der Waals surface area contributed by atoms with Crippen molar-refractivity contribution < 1.29 is 49.9 Å². The van der Waals surface area contributed by atoms with Crippen LogP contribution < -0.4 is 0 Å². The second kappa shape index (κ2) is 11.1. The minimum atomic E-state index is 0. The number of hydrogen-bond acceptors (Lipinski definition) is 2. The number of methoxy groups -OCH3 is 1. The Morgan fingerprint density at radius 3 is 2.25 bits per heavy atom. The minimum absolute atomic E-state index is 0. The zero-order valence-electron chi connectivity index (χ0n) is 5.35. The van der Waals surface area contributed by atoms with Gasteiger partial charge in [0.15, 0.2) is 0 Å². The van der Waals surface area contributed by atoms with Crippen molar-refractivity contribution >= 4 is 0 Å². The standard InChI is InChI=1S/C5H12O2.Sm/c1-3-7-5-4-6-2;/h3-5H2,1-2H3;. The van der Waals surface area contributed by atoms with Gasteiger partial charge in [-0.25, -0.2) is 0 Å². The molecule has 50 valence electrons. The van der Waals surface area contributed by atoms with E-state index >= 15 is 0 Å². The molecule has 0 heterocycles. The van der Waals surface area contributed by atoms with Crippen molar-refractivity contribution in [3.63, 3.8) is 0 Å². The predicted octanol–water partition coefficient (Wildman–Crippen LogP) is 0.669. The van der Waals surface area contributed by atoms with E-state index in [1.165, 1.54) is 0 Å². The van der Waals surface area contributed by atoms with E-state index in [9.17, 15) is 0 Å². The van der Waals surface area contributed by atoms with Crippen molar-refractivity contribution in [3.05, 3.63) is 0 Å².